The average Bonchev–Trinajstić information content (AvgIpc) is 2.97. The maximum absolute atomic E-state index is 12.5. The number of allylic oxidation sites excluding steroid dienone is 1. The summed E-state index contributed by atoms with van der Waals surface area (Å²) < 4.78 is 1.76. The van der Waals surface area contributed by atoms with E-state index in [4.69, 9.17) is 0 Å². The van der Waals surface area contributed by atoms with E-state index < -0.39 is 0 Å². The van der Waals surface area contributed by atoms with E-state index in [1.807, 2.05) is 60.8 Å². The second-order valence-electron chi connectivity index (χ2n) is 5.34. The van der Waals surface area contributed by atoms with E-state index in [0.717, 1.165) is 29.0 Å². The maximum Gasteiger partial charge on any atom is 0.261 e. The van der Waals surface area contributed by atoms with Crippen LogP contribution in [-0.2, 0) is 6.54 Å². The molecule has 0 radical (unpaired) electrons. The summed E-state index contributed by atoms with van der Waals surface area (Å²) in [5, 5.41) is 3.96. The number of benzene rings is 2. The second kappa shape index (κ2) is 5.15. The Morgan fingerprint density at radius 3 is 2.68 bits per heavy atom. The van der Waals surface area contributed by atoms with Crippen molar-refractivity contribution in [2.75, 3.05) is 5.32 Å². The van der Waals surface area contributed by atoms with Crippen molar-refractivity contribution in [3.63, 3.8) is 0 Å². The number of hydrogen-bond acceptors (Lipinski definition) is 3. The zero-order valence-electron chi connectivity index (χ0n) is 12.0. The molecule has 0 saturated carbocycles. The molecule has 1 aromatic heterocycles. The zero-order chi connectivity index (χ0) is 14.9. The molecule has 4 nitrogen and oxygen atoms in total. The summed E-state index contributed by atoms with van der Waals surface area (Å²) in [6.45, 7) is 0.689. The molecule has 2 heterocycles. The minimum atomic E-state index is 0.0451. The van der Waals surface area contributed by atoms with Crippen molar-refractivity contribution in [2.24, 2.45) is 0 Å². The van der Waals surface area contributed by atoms with E-state index in [0.29, 0.717) is 11.9 Å². The van der Waals surface area contributed by atoms with Gasteiger partial charge in [-0.3, -0.25) is 9.36 Å². The van der Waals surface area contributed by atoms with Crippen LogP contribution in [0, 0.1) is 0 Å². The van der Waals surface area contributed by atoms with Gasteiger partial charge in [-0.15, -0.1) is 0 Å². The van der Waals surface area contributed by atoms with E-state index in [1.165, 1.54) is 0 Å². The van der Waals surface area contributed by atoms with Gasteiger partial charge in [-0.2, -0.15) is 0 Å². The van der Waals surface area contributed by atoms with Crippen LogP contribution < -0.4 is 10.9 Å². The van der Waals surface area contributed by atoms with Gasteiger partial charge in [0, 0.05) is 24.0 Å². The van der Waals surface area contributed by atoms with Gasteiger partial charge in [0.25, 0.3) is 5.56 Å². The summed E-state index contributed by atoms with van der Waals surface area (Å²) in [5.41, 5.74) is 2.89. The first-order chi connectivity index (χ1) is 10.8. The van der Waals surface area contributed by atoms with E-state index in [9.17, 15) is 4.79 Å². The average molecular weight is 289 g/mol. The highest BCUT2D eigenvalue weighted by atomic mass is 16.1. The van der Waals surface area contributed by atoms with Crippen molar-refractivity contribution in [3.8, 4) is 0 Å². The number of hydrogen-bond donors (Lipinski definition) is 1. The normalized spacial score (nSPS) is 15.2. The van der Waals surface area contributed by atoms with E-state index in [1.54, 1.807) is 4.57 Å². The molecule has 22 heavy (non-hydrogen) atoms. The highest BCUT2D eigenvalue weighted by Crippen LogP contribution is 2.25. The Bertz CT molecular complexity index is 926. The minimum absolute atomic E-state index is 0.0451. The van der Waals surface area contributed by atoms with E-state index >= 15 is 0 Å². The fourth-order valence-electron chi connectivity index (χ4n) is 2.81. The number of aromatic nitrogens is 2. The van der Waals surface area contributed by atoms with Crippen LogP contribution in [0.5, 0.6) is 0 Å². The van der Waals surface area contributed by atoms with Crippen LogP contribution in [0.2, 0.25) is 0 Å². The number of anilines is 1. The molecular formula is C18H15N3O. The van der Waals surface area contributed by atoms with Crippen LogP contribution in [0.3, 0.4) is 0 Å². The molecule has 1 aliphatic rings. The van der Waals surface area contributed by atoms with Gasteiger partial charge in [-0.1, -0.05) is 30.3 Å². The topological polar surface area (TPSA) is 46.9 Å². The highest BCUT2D eigenvalue weighted by molar-refractivity contribution is 5.80. The van der Waals surface area contributed by atoms with Crippen LogP contribution in [-0.4, -0.2) is 9.55 Å². The molecule has 1 aliphatic heterocycles. The molecule has 0 bridgehead atoms. The Hall–Kier alpha value is -2.88. The number of para-hydroxylation sites is 2. The third kappa shape index (κ3) is 2.09. The molecule has 108 valence electrons. The Labute approximate surface area is 127 Å². The van der Waals surface area contributed by atoms with E-state index in [-0.39, 0.29) is 5.56 Å². The maximum atomic E-state index is 12.5. The third-order valence-corrected chi connectivity index (χ3v) is 3.94. The van der Waals surface area contributed by atoms with Crippen LogP contribution in [0.15, 0.2) is 65.6 Å². The predicted octanol–water partition coefficient (Wildman–Crippen LogP) is 3.25. The van der Waals surface area contributed by atoms with Crippen molar-refractivity contribution in [2.45, 2.75) is 13.0 Å². The Kier molecular flexibility index (Phi) is 3.00. The molecule has 0 saturated heterocycles. The lowest BCUT2D eigenvalue weighted by atomic mass is 10.2. The van der Waals surface area contributed by atoms with Gasteiger partial charge in [-0.25, -0.2) is 4.98 Å². The molecule has 0 aliphatic carbocycles. The molecule has 4 heteroatoms. The summed E-state index contributed by atoms with van der Waals surface area (Å²) in [5.74, 6) is 0.770. The molecule has 0 unspecified atom stereocenters. The molecular weight excluding hydrogens is 274 g/mol. The van der Waals surface area contributed by atoms with Crippen LogP contribution in [0.4, 0.5) is 5.69 Å². The van der Waals surface area contributed by atoms with Crippen molar-refractivity contribution in [3.05, 3.63) is 77.0 Å². The van der Waals surface area contributed by atoms with Crippen LogP contribution in [0.1, 0.15) is 12.2 Å². The summed E-state index contributed by atoms with van der Waals surface area (Å²) in [6, 6.07) is 17.5. The van der Waals surface area contributed by atoms with Gasteiger partial charge in [0.05, 0.1) is 10.9 Å². The largest absolute Gasteiger partial charge is 0.361 e. The first-order valence-corrected chi connectivity index (χ1v) is 7.33. The first-order valence-electron chi connectivity index (χ1n) is 7.33. The fourth-order valence-corrected chi connectivity index (χ4v) is 2.81. The molecule has 0 atom stereocenters. The number of fused-ring (bicyclic) bond motifs is 2. The molecule has 4 rings (SSSR count). The standard InChI is InChI=1S/C18H15N3O/c22-18-15-8-4-5-9-16(15)20-17-13(10-11-21(17)18)12-19-14-6-2-1-3-7-14/h1-9,12,19H,10-11H2/b13-12+. The van der Waals surface area contributed by atoms with Crippen LogP contribution in [0.25, 0.3) is 16.5 Å². The third-order valence-electron chi connectivity index (χ3n) is 3.94. The van der Waals surface area contributed by atoms with Crippen LogP contribution >= 0.6 is 0 Å². The van der Waals surface area contributed by atoms with Gasteiger partial charge in [0.1, 0.15) is 5.82 Å². The Morgan fingerprint density at radius 1 is 1.05 bits per heavy atom. The lowest BCUT2D eigenvalue weighted by molar-refractivity contribution is 0.725. The van der Waals surface area contributed by atoms with Gasteiger partial charge < -0.3 is 5.32 Å². The van der Waals surface area contributed by atoms with Gasteiger partial charge in [0.2, 0.25) is 0 Å². The molecule has 0 fully saturated rings. The van der Waals surface area contributed by atoms with Crippen molar-refractivity contribution in [1.82, 2.24) is 9.55 Å². The summed E-state index contributed by atoms with van der Waals surface area (Å²) in [4.78, 5) is 17.2. The monoisotopic (exact) mass is 289 g/mol. The molecule has 3 aromatic rings. The fraction of sp³-hybridized carbons (Fsp3) is 0.111. The van der Waals surface area contributed by atoms with Crippen molar-refractivity contribution < 1.29 is 0 Å². The molecule has 2 aromatic carbocycles. The molecule has 0 spiro atoms. The lowest BCUT2D eigenvalue weighted by Gasteiger charge is -2.06. The molecule has 1 N–H and O–H groups in total. The summed E-state index contributed by atoms with van der Waals surface area (Å²) in [6.07, 6.45) is 2.77. The first kappa shape index (κ1) is 12.8. The smallest absolute Gasteiger partial charge is 0.261 e. The SMILES string of the molecule is O=c1c2ccccc2nc2n1CC/C2=C\Nc1ccccc1. The van der Waals surface area contributed by atoms with Crippen molar-refractivity contribution >= 4 is 22.2 Å². The van der Waals surface area contributed by atoms with E-state index in [2.05, 4.69) is 10.3 Å². The summed E-state index contributed by atoms with van der Waals surface area (Å²) >= 11 is 0. The van der Waals surface area contributed by atoms with Gasteiger partial charge in [0.15, 0.2) is 0 Å². The second-order valence-corrected chi connectivity index (χ2v) is 5.34. The Balaban J connectivity index is 1.77. The highest BCUT2D eigenvalue weighted by Gasteiger charge is 2.20. The van der Waals surface area contributed by atoms with Gasteiger partial charge in [-0.05, 0) is 30.7 Å². The number of nitrogens with zero attached hydrogens (tertiary/aromatic N) is 2. The summed E-state index contributed by atoms with van der Waals surface area (Å²) in [7, 11) is 0. The number of rotatable bonds is 2. The number of nitrogens with one attached hydrogen (secondary N) is 1. The predicted molar refractivity (Wildman–Crippen MR) is 88.7 cm³/mol. The van der Waals surface area contributed by atoms with Gasteiger partial charge >= 0.3 is 0 Å². The quantitative estimate of drug-likeness (QED) is 0.787. The minimum Gasteiger partial charge on any atom is -0.361 e. The molecule has 0 amide bonds. The van der Waals surface area contributed by atoms with Crippen molar-refractivity contribution in [1.29, 1.82) is 0 Å². The Morgan fingerprint density at radius 2 is 1.82 bits per heavy atom. The zero-order valence-corrected chi connectivity index (χ0v) is 12.0. The lowest BCUT2D eigenvalue weighted by Crippen LogP contribution is -2.20.